The van der Waals surface area contributed by atoms with E-state index in [0.29, 0.717) is 13.2 Å². The fourth-order valence-electron chi connectivity index (χ4n) is 1.74. The molecule has 0 spiro atoms. The van der Waals surface area contributed by atoms with Crippen LogP contribution < -0.4 is 10.5 Å². The molecule has 0 amide bonds. The maximum absolute atomic E-state index is 5.67. The lowest BCUT2D eigenvalue weighted by atomic mass is 10.3. The Labute approximate surface area is 107 Å². The Morgan fingerprint density at radius 3 is 2.72 bits per heavy atom. The lowest BCUT2D eigenvalue weighted by molar-refractivity contribution is 0.288. The fourth-order valence-corrected chi connectivity index (χ4v) is 1.74. The van der Waals surface area contributed by atoms with Gasteiger partial charge in [0.05, 0.1) is 0 Å². The Hall–Kier alpha value is -1.88. The van der Waals surface area contributed by atoms with Gasteiger partial charge in [-0.1, -0.05) is 18.2 Å². The number of benzene rings is 1. The molecular weight excluding hydrogens is 228 g/mol. The Morgan fingerprint density at radius 1 is 1.22 bits per heavy atom. The maximum atomic E-state index is 5.67. The highest BCUT2D eigenvalue weighted by molar-refractivity contribution is 5.21. The summed E-state index contributed by atoms with van der Waals surface area (Å²) < 4.78 is 7.72. The summed E-state index contributed by atoms with van der Waals surface area (Å²) in [5, 5.41) is 8.20. The summed E-state index contributed by atoms with van der Waals surface area (Å²) in [7, 11) is 0. The third-order valence-corrected chi connectivity index (χ3v) is 2.71. The Balaban J connectivity index is 2.01. The zero-order valence-corrected chi connectivity index (χ0v) is 10.5. The van der Waals surface area contributed by atoms with E-state index in [4.69, 9.17) is 10.5 Å². The summed E-state index contributed by atoms with van der Waals surface area (Å²) in [6, 6.07) is 9.70. The predicted molar refractivity (Wildman–Crippen MR) is 69.2 cm³/mol. The number of nitrogens with zero attached hydrogens (tertiary/aromatic N) is 3. The van der Waals surface area contributed by atoms with Crippen LogP contribution in [0, 0.1) is 6.92 Å². The Bertz CT molecular complexity index is 481. The second-order valence-electron chi connectivity index (χ2n) is 4.06. The first-order valence-electron chi connectivity index (χ1n) is 6.08. The topological polar surface area (TPSA) is 66.0 Å². The molecule has 2 aromatic rings. The first kappa shape index (κ1) is 12.6. The molecule has 0 bridgehead atoms. The molecule has 0 atom stereocenters. The largest absolute Gasteiger partial charge is 0.486 e. The monoisotopic (exact) mass is 246 g/mol. The van der Waals surface area contributed by atoms with E-state index >= 15 is 0 Å². The zero-order chi connectivity index (χ0) is 12.8. The molecule has 5 nitrogen and oxygen atoms in total. The molecule has 0 radical (unpaired) electrons. The first-order chi connectivity index (χ1) is 8.81. The highest BCUT2D eigenvalue weighted by atomic mass is 16.5. The van der Waals surface area contributed by atoms with E-state index in [2.05, 4.69) is 14.8 Å². The summed E-state index contributed by atoms with van der Waals surface area (Å²) in [6.45, 7) is 3.87. The summed E-state index contributed by atoms with van der Waals surface area (Å²) in [5.74, 6) is 2.57. The number of hydrogen-bond acceptors (Lipinski definition) is 4. The number of rotatable bonds is 6. The molecule has 0 aliphatic carbocycles. The fraction of sp³-hybridized carbons (Fsp3) is 0.385. The van der Waals surface area contributed by atoms with Crippen LogP contribution in [-0.4, -0.2) is 21.3 Å². The van der Waals surface area contributed by atoms with Crippen molar-refractivity contribution in [3.63, 3.8) is 0 Å². The van der Waals surface area contributed by atoms with Gasteiger partial charge in [-0.3, -0.25) is 0 Å². The average Bonchev–Trinajstić information content (AvgIpc) is 2.76. The minimum Gasteiger partial charge on any atom is -0.486 e. The second kappa shape index (κ2) is 6.16. The van der Waals surface area contributed by atoms with Crippen molar-refractivity contribution in [3.8, 4) is 5.75 Å². The standard InChI is InChI=1S/C13H18N4O/c1-11-15-16-13(17(11)9-5-8-14)10-18-12-6-3-2-4-7-12/h2-4,6-7H,5,8-10,14H2,1H3. The minimum atomic E-state index is 0.426. The van der Waals surface area contributed by atoms with Gasteiger partial charge in [0.2, 0.25) is 0 Å². The van der Waals surface area contributed by atoms with Crippen LogP contribution >= 0.6 is 0 Å². The summed E-state index contributed by atoms with van der Waals surface area (Å²) in [4.78, 5) is 0. The molecule has 96 valence electrons. The van der Waals surface area contributed by atoms with Gasteiger partial charge in [-0.2, -0.15) is 0 Å². The highest BCUT2D eigenvalue weighted by Crippen LogP contribution is 2.11. The third-order valence-electron chi connectivity index (χ3n) is 2.71. The van der Waals surface area contributed by atoms with Gasteiger partial charge in [-0.25, -0.2) is 0 Å². The van der Waals surface area contributed by atoms with E-state index in [0.717, 1.165) is 30.4 Å². The van der Waals surface area contributed by atoms with E-state index in [9.17, 15) is 0 Å². The second-order valence-corrected chi connectivity index (χ2v) is 4.06. The molecule has 0 saturated heterocycles. The summed E-state index contributed by atoms with van der Waals surface area (Å²) in [6.07, 6.45) is 0.914. The molecule has 0 unspecified atom stereocenters. The van der Waals surface area contributed by atoms with Gasteiger partial charge in [0.25, 0.3) is 0 Å². The van der Waals surface area contributed by atoms with Crippen molar-refractivity contribution in [1.29, 1.82) is 0 Å². The van der Waals surface area contributed by atoms with E-state index in [1.54, 1.807) is 0 Å². The highest BCUT2D eigenvalue weighted by Gasteiger charge is 2.08. The Kier molecular flexibility index (Phi) is 4.30. The average molecular weight is 246 g/mol. The molecule has 2 rings (SSSR count). The number of nitrogens with two attached hydrogens (primary N) is 1. The number of aryl methyl sites for hydroxylation is 1. The van der Waals surface area contributed by atoms with Gasteiger partial charge in [0.15, 0.2) is 5.82 Å². The van der Waals surface area contributed by atoms with Crippen molar-refractivity contribution in [2.24, 2.45) is 5.73 Å². The van der Waals surface area contributed by atoms with Crippen LogP contribution in [0.2, 0.25) is 0 Å². The van der Waals surface area contributed by atoms with Crippen LogP contribution in [0.4, 0.5) is 0 Å². The van der Waals surface area contributed by atoms with E-state index in [-0.39, 0.29) is 0 Å². The lowest BCUT2D eigenvalue weighted by Gasteiger charge is -2.09. The van der Waals surface area contributed by atoms with Crippen LogP contribution in [0.5, 0.6) is 5.75 Å². The predicted octanol–water partition coefficient (Wildman–Crippen LogP) is 1.51. The van der Waals surface area contributed by atoms with Crippen molar-refractivity contribution in [1.82, 2.24) is 14.8 Å². The number of aromatic nitrogens is 3. The molecule has 1 heterocycles. The molecule has 0 saturated carbocycles. The van der Waals surface area contributed by atoms with Crippen LogP contribution in [0.1, 0.15) is 18.1 Å². The molecule has 1 aromatic carbocycles. The SMILES string of the molecule is Cc1nnc(COc2ccccc2)n1CCCN. The molecule has 1 aromatic heterocycles. The molecule has 0 aliphatic rings. The van der Waals surface area contributed by atoms with Gasteiger partial charge in [-0.05, 0) is 32.0 Å². The smallest absolute Gasteiger partial charge is 0.171 e. The van der Waals surface area contributed by atoms with Crippen molar-refractivity contribution in [3.05, 3.63) is 42.0 Å². The van der Waals surface area contributed by atoms with Crippen LogP contribution in [0.25, 0.3) is 0 Å². The van der Waals surface area contributed by atoms with Crippen molar-refractivity contribution < 1.29 is 4.74 Å². The van der Waals surface area contributed by atoms with Gasteiger partial charge in [0, 0.05) is 6.54 Å². The molecule has 0 fully saturated rings. The maximum Gasteiger partial charge on any atom is 0.171 e. The third kappa shape index (κ3) is 3.07. The quantitative estimate of drug-likeness (QED) is 0.839. The van der Waals surface area contributed by atoms with Crippen molar-refractivity contribution in [2.75, 3.05) is 6.54 Å². The van der Waals surface area contributed by atoms with Gasteiger partial charge in [-0.15, -0.1) is 10.2 Å². The number of ether oxygens (including phenoxy) is 1. The molecule has 18 heavy (non-hydrogen) atoms. The molecule has 2 N–H and O–H groups in total. The van der Waals surface area contributed by atoms with Crippen molar-refractivity contribution >= 4 is 0 Å². The van der Waals surface area contributed by atoms with Crippen LogP contribution in [-0.2, 0) is 13.2 Å². The number of para-hydroxylation sites is 1. The molecule has 0 aliphatic heterocycles. The summed E-state index contributed by atoms with van der Waals surface area (Å²) in [5.41, 5.74) is 5.52. The Morgan fingerprint density at radius 2 is 2.00 bits per heavy atom. The van der Waals surface area contributed by atoms with Gasteiger partial charge >= 0.3 is 0 Å². The first-order valence-corrected chi connectivity index (χ1v) is 6.08. The van der Waals surface area contributed by atoms with E-state index < -0.39 is 0 Å². The molecule has 5 heteroatoms. The zero-order valence-electron chi connectivity index (χ0n) is 10.5. The van der Waals surface area contributed by atoms with Gasteiger partial charge < -0.3 is 15.0 Å². The van der Waals surface area contributed by atoms with Crippen LogP contribution in [0.15, 0.2) is 30.3 Å². The van der Waals surface area contributed by atoms with E-state index in [1.165, 1.54) is 0 Å². The van der Waals surface area contributed by atoms with Crippen molar-refractivity contribution in [2.45, 2.75) is 26.5 Å². The number of hydrogen-bond donors (Lipinski definition) is 1. The van der Waals surface area contributed by atoms with E-state index in [1.807, 2.05) is 37.3 Å². The normalized spacial score (nSPS) is 10.6. The summed E-state index contributed by atoms with van der Waals surface area (Å²) >= 11 is 0. The van der Waals surface area contributed by atoms with Gasteiger partial charge in [0.1, 0.15) is 18.2 Å². The minimum absolute atomic E-state index is 0.426. The lowest BCUT2D eigenvalue weighted by Crippen LogP contribution is -2.12. The molecular formula is C13H18N4O. The van der Waals surface area contributed by atoms with Crippen LogP contribution in [0.3, 0.4) is 0 Å².